The summed E-state index contributed by atoms with van der Waals surface area (Å²) in [6.45, 7) is 14.6. The van der Waals surface area contributed by atoms with E-state index >= 15 is 0 Å². The van der Waals surface area contributed by atoms with Crippen LogP contribution in [0.5, 0.6) is 0 Å². The fraction of sp³-hybridized carbons (Fsp3) is 1.00. The van der Waals surface area contributed by atoms with Gasteiger partial charge >= 0.3 is 0 Å². The quantitative estimate of drug-likeness (QED) is 0.741. The van der Waals surface area contributed by atoms with Gasteiger partial charge in [0.15, 0.2) is 0 Å². The lowest BCUT2D eigenvalue weighted by Crippen LogP contribution is -2.44. The number of rotatable bonds is 3. The molecule has 0 aromatic heterocycles. The summed E-state index contributed by atoms with van der Waals surface area (Å²) in [5.74, 6) is 0. The Labute approximate surface area is 92.2 Å². The molecule has 0 aliphatic carbocycles. The first-order chi connectivity index (χ1) is 6.02. The van der Waals surface area contributed by atoms with Crippen LogP contribution in [-0.4, -0.2) is 15.3 Å². The van der Waals surface area contributed by atoms with Gasteiger partial charge in [0, 0.05) is 11.4 Å². The highest BCUT2D eigenvalue weighted by atomic mass is 32.2. The minimum Gasteiger partial charge on any atom is -0.598 e. The minimum atomic E-state index is -0.952. The Morgan fingerprint density at radius 1 is 1.14 bits per heavy atom. The average Bonchev–Trinajstić information content (AvgIpc) is 1.79. The van der Waals surface area contributed by atoms with Crippen molar-refractivity contribution in [2.45, 2.75) is 65.7 Å². The van der Waals surface area contributed by atoms with Crippen molar-refractivity contribution in [1.82, 2.24) is 4.72 Å². The van der Waals surface area contributed by atoms with Crippen LogP contribution in [0.2, 0.25) is 0 Å². The third kappa shape index (κ3) is 6.68. The Bertz CT molecular complexity index is 169. The van der Waals surface area contributed by atoms with Gasteiger partial charge in [-0.2, -0.15) is 0 Å². The van der Waals surface area contributed by atoms with Crippen molar-refractivity contribution >= 4 is 11.4 Å². The Hall–Kier alpha value is 0.270. The molecule has 0 saturated carbocycles. The van der Waals surface area contributed by atoms with E-state index in [2.05, 4.69) is 32.4 Å². The van der Waals surface area contributed by atoms with Crippen molar-refractivity contribution in [1.29, 1.82) is 0 Å². The minimum absolute atomic E-state index is 0.174. The molecule has 0 bridgehead atoms. The van der Waals surface area contributed by atoms with E-state index in [1.54, 1.807) is 0 Å². The van der Waals surface area contributed by atoms with Crippen molar-refractivity contribution in [3.05, 3.63) is 0 Å². The molecule has 2 nitrogen and oxygen atoms in total. The van der Waals surface area contributed by atoms with Crippen LogP contribution < -0.4 is 4.72 Å². The third-order valence-corrected chi connectivity index (χ3v) is 3.51. The second-order valence-corrected chi connectivity index (χ2v) is 8.16. The van der Waals surface area contributed by atoms with E-state index in [4.69, 9.17) is 0 Å². The predicted molar refractivity (Wildman–Crippen MR) is 64.6 cm³/mol. The second-order valence-electron chi connectivity index (χ2n) is 6.16. The zero-order valence-electron chi connectivity index (χ0n) is 10.6. The van der Waals surface area contributed by atoms with Crippen LogP contribution in [-0.2, 0) is 11.4 Å². The molecule has 0 amide bonds. The second kappa shape index (κ2) is 4.86. The molecular formula is C11H25NOS. The van der Waals surface area contributed by atoms with E-state index in [0.717, 1.165) is 6.42 Å². The smallest absolute Gasteiger partial charge is 0.136 e. The van der Waals surface area contributed by atoms with Crippen molar-refractivity contribution < 1.29 is 4.55 Å². The van der Waals surface area contributed by atoms with E-state index in [1.165, 1.54) is 0 Å². The molecular weight excluding hydrogens is 194 g/mol. The SMILES string of the molecule is CC(CC(C)(C)C)N[S@+]([O-])C(C)(C)C. The van der Waals surface area contributed by atoms with Crippen LogP contribution in [0.15, 0.2) is 0 Å². The van der Waals surface area contributed by atoms with E-state index in [-0.39, 0.29) is 10.2 Å². The van der Waals surface area contributed by atoms with E-state index in [1.807, 2.05) is 20.8 Å². The molecule has 3 heteroatoms. The van der Waals surface area contributed by atoms with Gasteiger partial charge in [-0.25, -0.2) is 0 Å². The van der Waals surface area contributed by atoms with Gasteiger partial charge in [0.2, 0.25) is 0 Å². The van der Waals surface area contributed by atoms with Crippen LogP contribution in [0.25, 0.3) is 0 Å². The first-order valence-corrected chi connectivity index (χ1v) is 6.35. The lowest BCUT2D eigenvalue weighted by atomic mass is 9.89. The zero-order valence-corrected chi connectivity index (χ0v) is 11.4. The third-order valence-electron chi connectivity index (χ3n) is 1.78. The maximum Gasteiger partial charge on any atom is 0.136 e. The molecule has 0 fully saturated rings. The van der Waals surface area contributed by atoms with E-state index < -0.39 is 11.4 Å². The van der Waals surface area contributed by atoms with Crippen LogP contribution in [0.3, 0.4) is 0 Å². The molecule has 86 valence electrons. The summed E-state index contributed by atoms with van der Waals surface area (Å²) in [6, 6.07) is 0.301. The number of hydrogen-bond acceptors (Lipinski definition) is 2. The molecule has 0 aromatic rings. The summed E-state index contributed by atoms with van der Waals surface area (Å²) in [5, 5.41) is 0. The van der Waals surface area contributed by atoms with Crippen LogP contribution in [0, 0.1) is 5.41 Å². The summed E-state index contributed by atoms with van der Waals surface area (Å²) in [7, 11) is 0. The molecule has 1 unspecified atom stereocenters. The normalized spacial score (nSPS) is 18.0. The van der Waals surface area contributed by atoms with Gasteiger partial charge < -0.3 is 4.55 Å². The summed E-state index contributed by atoms with van der Waals surface area (Å²) < 4.78 is 14.7. The van der Waals surface area contributed by atoms with E-state index in [0.29, 0.717) is 6.04 Å². The standard InChI is InChI=1S/C11H25NOS/c1-9(8-10(2,3)4)12-14(13)11(5,6)7/h9,12H,8H2,1-7H3/t9?,14-/m1/s1. The molecule has 0 spiro atoms. The average molecular weight is 219 g/mol. The Morgan fingerprint density at radius 2 is 1.57 bits per heavy atom. The molecule has 0 aliphatic heterocycles. The summed E-state index contributed by atoms with van der Waals surface area (Å²) >= 11 is -0.952. The van der Waals surface area contributed by atoms with Crippen LogP contribution in [0.1, 0.15) is 54.9 Å². The number of nitrogens with one attached hydrogen (secondary N) is 1. The largest absolute Gasteiger partial charge is 0.598 e. The van der Waals surface area contributed by atoms with Crippen molar-refractivity contribution in [2.75, 3.05) is 0 Å². The Morgan fingerprint density at radius 3 is 1.86 bits per heavy atom. The van der Waals surface area contributed by atoms with Crippen molar-refractivity contribution in [3.63, 3.8) is 0 Å². The van der Waals surface area contributed by atoms with Crippen LogP contribution in [0.4, 0.5) is 0 Å². The first kappa shape index (κ1) is 14.3. The van der Waals surface area contributed by atoms with Gasteiger partial charge in [-0.1, -0.05) is 20.8 Å². The summed E-state index contributed by atoms with van der Waals surface area (Å²) in [6.07, 6.45) is 1.04. The summed E-state index contributed by atoms with van der Waals surface area (Å²) in [5.41, 5.74) is 0.286. The highest BCUT2D eigenvalue weighted by Gasteiger charge is 2.29. The molecule has 0 aliphatic rings. The van der Waals surface area contributed by atoms with Gasteiger partial charge in [-0.3, -0.25) is 0 Å². The zero-order chi connectivity index (χ0) is 11.6. The predicted octanol–water partition coefficient (Wildman–Crippen LogP) is 2.86. The topological polar surface area (TPSA) is 35.1 Å². The van der Waals surface area contributed by atoms with Gasteiger partial charge in [-0.15, -0.1) is 4.72 Å². The monoisotopic (exact) mass is 219 g/mol. The fourth-order valence-corrected chi connectivity index (χ4v) is 2.12. The molecule has 0 radical (unpaired) electrons. The molecule has 0 saturated heterocycles. The van der Waals surface area contributed by atoms with E-state index in [9.17, 15) is 4.55 Å². The fourth-order valence-electron chi connectivity index (χ4n) is 1.32. The molecule has 14 heavy (non-hydrogen) atoms. The lowest BCUT2D eigenvalue weighted by Gasteiger charge is -2.29. The lowest BCUT2D eigenvalue weighted by molar-refractivity contribution is 0.336. The maximum absolute atomic E-state index is 11.8. The van der Waals surface area contributed by atoms with Crippen LogP contribution >= 0.6 is 0 Å². The van der Waals surface area contributed by atoms with Gasteiger partial charge in [0.25, 0.3) is 0 Å². The first-order valence-electron chi connectivity index (χ1n) is 5.20. The molecule has 0 heterocycles. The Balaban J connectivity index is 4.01. The Kier molecular flexibility index (Phi) is 4.96. The van der Waals surface area contributed by atoms with Crippen molar-refractivity contribution in [3.8, 4) is 0 Å². The highest BCUT2D eigenvalue weighted by molar-refractivity contribution is 7.90. The highest BCUT2D eigenvalue weighted by Crippen LogP contribution is 2.22. The van der Waals surface area contributed by atoms with Gasteiger partial charge in [-0.05, 0) is 39.5 Å². The molecule has 0 aromatic carbocycles. The molecule has 1 N–H and O–H groups in total. The van der Waals surface area contributed by atoms with Crippen molar-refractivity contribution in [2.24, 2.45) is 5.41 Å². The molecule has 2 atom stereocenters. The maximum atomic E-state index is 11.8. The summed E-state index contributed by atoms with van der Waals surface area (Å²) in [4.78, 5) is 0. The molecule has 0 rings (SSSR count). The van der Waals surface area contributed by atoms with Gasteiger partial charge in [0.05, 0.1) is 6.04 Å². The van der Waals surface area contributed by atoms with Gasteiger partial charge in [0.1, 0.15) is 4.75 Å². The number of hydrogen-bond donors (Lipinski definition) is 1.